The Morgan fingerprint density at radius 2 is 2.33 bits per heavy atom. The number of fused-ring (bicyclic) bond motifs is 1. The Hall–Kier alpha value is -1.51. The summed E-state index contributed by atoms with van der Waals surface area (Å²) in [7, 11) is 0. The molecule has 0 saturated heterocycles. The van der Waals surface area contributed by atoms with Crippen LogP contribution in [0.5, 0.6) is 0 Å². The summed E-state index contributed by atoms with van der Waals surface area (Å²) in [5.74, 6) is 0. The van der Waals surface area contributed by atoms with Gasteiger partial charge in [-0.05, 0) is 12.1 Å². The molecule has 0 aromatic heterocycles. The number of carbonyl (C=O) groups is 1. The molecule has 3 heteroatoms. The summed E-state index contributed by atoms with van der Waals surface area (Å²) in [6, 6.07) is 7.98. The van der Waals surface area contributed by atoms with Crippen molar-refractivity contribution >= 4 is 17.7 Å². The van der Waals surface area contributed by atoms with Gasteiger partial charge in [0, 0.05) is 0 Å². The standard InChI is InChI=1S/C9H10N2O/c12-6-5-11-7-10-8-3-1-2-4-9(8)11/h1-4,6,10H,5,7H2. The fourth-order valence-corrected chi connectivity index (χ4v) is 1.42. The molecule has 12 heavy (non-hydrogen) atoms. The first-order valence-corrected chi connectivity index (χ1v) is 3.93. The summed E-state index contributed by atoms with van der Waals surface area (Å²) in [5.41, 5.74) is 2.23. The highest BCUT2D eigenvalue weighted by atomic mass is 16.1. The third-order valence-corrected chi connectivity index (χ3v) is 2.00. The average Bonchev–Trinajstić information content (AvgIpc) is 2.50. The third-order valence-electron chi connectivity index (χ3n) is 2.00. The number of nitrogens with one attached hydrogen (secondary N) is 1. The fourth-order valence-electron chi connectivity index (χ4n) is 1.42. The van der Waals surface area contributed by atoms with Gasteiger partial charge in [0.15, 0.2) is 0 Å². The maximum atomic E-state index is 10.3. The van der Waals surface area contributed by atoms with Gasteiger partial charge in [-0.1, -0.05) is 12.1 Å². The zero-order chi connectivity index (χ0) is 8.39. The van der Waals surface area contributed by atoms with E-state index >= 15 is 0 Å². The number of hydrogen-bond acceptors (Lipinski definition) is 3. The molecule has 0 aliphatic carbocycles. The molecular weight excluding hydrogens is 152 g/mol. The lowest BCUT2D eigenvalue weighted by atomic mass is 10.3. The van der Waals surface area contributed by atoms with Gasteiger partial charge in [-0.15, -0.1) is 0 Å². The molecule has 62 valence electrons. The molecule has 0 atom stereocenters. The van der Waals surface area contributed by atoms with Crippen LogP contribution in [0.25, 0.3) is 0 Å². The number of rotatable bonds is 2. The Labute approximate surface area is 71.0 Å². The van der Waals surface area contributed by atoms with Gasteiger partial charge in [0.05, 0.1) is 24.6 Å². The molecule has 1 aromatic rings. The Bertz CT molecular complexity index is 298. The Morgan fingerprint density at radius 1 is 1.50 bits per heavy atom. The quantitative estimate of drug-likeness (QED) is 0.660. The van der Waals surface area contributed by atoms with Crippen LogP contribution >= 0.6 is 0 Å². The van der Waals surface area contributed by atoms with Crippen LogP contribution in [0.3, 0.4) is 0 Å². The Morgan fingerprint density at radius 3 is 3.17 bits per heavy atom. The van der Waals surface area contributed by atoms with E-state index in [1.807, 2.05) is 29.2 Å². The molecule has 3 nitrogen and oxygen atoms in total. The second-order valence-electron chi connectivity index (χ2n) is 2.74. The summed E-state index contributed by atoms with van der Waals surface area (Å²) in [5, 5.41) is 3.20. The highest BCUT2D eigenvalue weighted by Gasteiger charge is 2.15. The maximum absolute atomic E-state index is 10.3. The minimum absolute atomic E-state index is 0.462. The summed E-state index contributed by atoms with van der Waals surface area (Å²) in [4.78, 5) is 12.3. The van der Waals surface area contributed by atoms with Gasteiger partial charge in [-0.3, -0.25) is 0 Å². The zero-order valence-corrected chi connectivity index (χ0v) is 6.66. The van der Waals surface area contributed by atoms with Crippen LogP contribution in [-0.2, 0) is 4.79 Å². The van der Waals surface area contributed by atoms with Crippen LogP contribution in [-0.4, -0.2) is 19.5 Å². The van der Waals surface area contributed by atoms with Gasteiger partial charge < -0.3 is 15.0 Å². The number of nitrogens with zero attached hydrogens (tertiary/aromatic N) is 1. The maximum Gasteiger partial charge on any atom is 0.139 e. The monoisotopic (exact) mass is 162 g/mol. The van der Waals surface area contributed by atoms with E-state index in [0.29, 0.717) is 6.54 Å². The SMILES string of the molecule is O=CCN1CNc2ccccc21. The lowest BCUT2D eigenvalue weighted by Gasteiger charge is -2.12. The van der Waals surface area contributed by atoms with Crippen molar-refractivity contribution in [2.45, 2.75) is 0 Å². The molecule has 0 spiro atoms. The van der Waals surface area contributed by atoms with Crippen molar-refractivity contribution in [3.05, 3.63) is 24.3 Å². The second kappa shape index (κ2) is 2.85. The van der Waals surface area contributed by atoms with E-state index in [9.17, 15) is 4.79 Å². The lowest BCUT2D eigenvalue weighted by molar-refractivity contribution is -0.106. The van der Waals surface area contributed by atoms with Crippen LogP contribution in [0.15, 0.2) is 24.3 Å². The van der Waals surface area contributed by atoms with Crippen LogP contribution in [0.1, 0.15) is 0 Å². The first kappa shape index (κ1) is 7.16. The predicted molar refractivity (Wildman–Crippen MR) is 48.3 cm³/mol. The largest absolute Gasteiger partial charge is 0.366 e. The minimum Gasteiger partial charge on any atom is -0.366 e. The number of benzene rings is 1. The van der Waals surface area contributed by atoms with E-state index in [1.165, 1.54) is 0 Å². The first-order chi connectivity index (χ1) is 5.92. The molecule has 0 fully saturated rings. The Kier molecular flexibility index (Phi) is 1.70. The number of carbonyl (C=O) groups excluding carboxylic acids is 1. The van der Waals surface area contributed by atoms with Crippen molar-refractivity contribution in [1.29, 1.82) is 0 Å². The topological polar surface area (TPSA) is 32.3 Å². The van der Waals surface area contributed by atoms with E-state index in [1.54, 1.807) is 0 Å². The van der Waals surface area contributed by atoms with Crippen LogP contribution < -0.4 is 10.2 Å². The van der Waals surface area contributed by atoms with Crippen LogP contribution in [0.2, 0.25) is 0 Å². The van der Waals surface area contributed by atoms with Crippen molar-refractivity contribution in [3.8, 4) is 0 Å². The van der Waals surface area contributed by atoms with Crippen molar-refractivity contribution in [2.75, 3.05) is 23.4 Å². The molecule has 1 heterocycles. The highest BCUT2D eigenvalue weighted by Crippen LogP contribution is 2.29. The van der Waals surface area contributed by atoms with Gasteiger partial charge >= 0.3 is 0 Å². The number of anilines is 2. The van der Waals surface area contributed by atoms with Crippen molar-refractivity contribution in [2.24, 2.45) is 0 Å². The van der Waals surface area contributed by atoms with Gasteiger partial charge in [-0.25, -0.2) is 0 Å². The van der Waals surface area contributed by atoms with Crippen molar-refractivity contribution in [1.82, 2.24) is 0 Å². The smallest absolute Gasteiger partial charge is 0.139 e. The number of aldehydes is 1. The van der Waals surface area contributed by atoms with Gasteiger partial charge in [0.2, 0.25) is 0 Å². The first-order valence-electron chi connectivity index (χ1n) is 3.93. The second-order valence-corrected chi connectivity index (χ2v) is 2.74. The van der Waals surface area contributed by atoms with Gasteiger partial charge in [-0.2, -0.15) is 0 Å². The normalized spacial score (nSPS) is 13.8. The van der Waals surface area contributed by atoms with E-state index in [-0.39, 0.29) is 0 Å². The molecule has 0 bridgehead atoms. The molecule has 2 rings (SSSR count). The van der Waals surface area contributed by atoms with Gasteiger partial charge in [0.25, 0.3) is 0 Å². The van der Waals surface area contributed by atoms with Crippen LogP contribution in [0.4, 0.5) is 11.4 Å². The van der Waals surface area contributed by atoms with E-state index in [0.717, 1.165) is 24.3 Å². The molecule has 0 unspecified atom stereocenters. The zero-order valence-electron chi connectivity index (χ0n) is 6.66. The number of para-hydroxylation sites is 2. The fraction of sp³-hybridized carbons (Fsp3) is 0.222. The summed E-state index contributed by atoms with van der Waals surface area (Å²) in [6.07, 6.45) is 0.920. The van der Waals surface area contributed by atoms with Crippen molar-refractivity contribution in [3.63, 3.8) is 0 Å². The van der Waals surface area contributed by atoms with E-state index in [4.69, 9.17) is 0 Å². The minimum atomic E-state index is 0.462. The summed E-state index contributed by atoms with van der Waals surface area (Å²) < 4.78 is 0. The third kappa shape index (κ3) is 1.03. The molecule has 1 aliphatic heterocycles. The molecular formula is C9H10N2O. The predicted octanol–water partition coefficient (Wildman–Crippen LogP) is 1.07. The number of hydrogen-bond donors (Lipinski definition) is 1. The average molecular weight is 162 g/mol. The molecule has 0 saturated carbocycles. The van der Waals surface area contributed by atoms with E-state index < -0.39 is 0 Å². The molecule has 1 aromatic carbocycles. The lowest BCUT2D eigenvalue weighted by Crippen LogP contribution is -2.24. The van der Waals surface area contributed by atoms with Crippen LogP contribution in [0, 0.1) is 0 Å². The van der Waals surface area contributed by atoms with Gasteiger partial charge in [0.1, 0.15) is 6.29 Å². The molecule has 0 radical (unpaired) electrons. The van der Waals surface area contributed by atoms with E-state index in [2.05, 4.69) is 5.32 Å². The Balaban J connectivity index is 2.29. The molecule has 0 amide bonds. The highest BCUT2D eigenvalue weighted by molar-refractivity contribution is 5.77. The molecule has 1 aliphatic rings. The molecule has 1 N–H and O–H groups in total. The van der Waals surface area contributed by atoms with Crippen molar-refractivity contribution < 1.29 is 4.79 Å². The summed E-state index contributed by atoms with van der Waals surface area (Å²) >= 11 is 0. The summed E-state index contributed by atoms with van der Waals surface area (Å²) in [6.45, 7) is 1.20.